The van der Waals surface area contributed by atoms with Gasteiger partial charge < -0.3 is 5.73 Å². The summed E-state index contributed by atoms with van der Waals surface area (Å²) >= 11 is 4.89. The van der Waals surface area contributed by atoms with Crippen molar-refractivity contribution in [1.29, 1.82) is 0 Å². The summed E-state index contributed by atoms with van der Waals surface area (Å²) in [4.78, 5) is 5.22. The summed E-state index contributed by atoms with van der Waals surface area (Å²) in [6.07, 6.45) is 0. The van der Waals surface area contributed by atoms with Gasteiger partial charge in [0, 0.05) is 7.05 Å². The van der Waals surface area contributed by atoms with Crippen molar-refractivity contribution in [2.75, 3.05) is 0 Å². The van der Waals surface area contributed by atoms with E-state index in [0.717, 1.165) is 16.3 Å². The molecule has 80 valence electrons. The molecular formula is C8H10BrN5S. The SMILES string of the molecule is Cc1ncsc1C(N)c1c(Br)nnn1C. The van der Waals surface area contributed by atoms with Gasteiger partial charge in [0.25, 0.3) is 0 Å². The Labute approximate surface area is 99.4 Å². The Hall–Kier alpha value is -0.790. The number of nitrogens with two attached hydrogens (primary N) is 1. The topological polar surface area (TPSA) is 69.6 Å². The zero-order chi connectivity index (χ0) is 11.0. The average molecular weight is 288 g/mol. The average Bonchev–Trinajstić information content (AvgIpc) is 2.73. The van der Waals surface area contributed by atoms with Crippen LogP contribution in [0.15, 0.2) is 10.1 Å². The fourth-order valence-electron chi connectivity index (χ4n) is 1.40. The van der Waals surface area contributed by atoms with E-state index >= 15 is 0 Å². The summed E-state index contributed by atoms with van der Waals surface area (Å²) < 4.78 is 2.36. The molecule has 1 atom stereocenters. The van der Waals surface area contributed by atoms with Gasteiger partial charge in [-0.25, -0.2) is 9.67 Å². The third kappa shape index (κ3) is 1.82. The standard InChI is InChI=1S/C8H10BrN5S/c1-4-7(15-3-11-4)5(10)6-8(9)12-13-14(6)2/h3,5H,10H2,1-2H3. The van der Waals surface area contributed by atoms with Gasteiger partial charge in [-0.3, -0.25) is 0 Å². The number of hydrogen-bond acceptors (Lipinski definition) is 5. The molecule has 0 spiro atoms. The normalized spacial score (nSPS) is 13.1. The summed E-state index contributed by atoms with van der Waals surface area (Å²) in [5, 5.41) is 7.81. The molecule has 0 aromatic carbocycles. The summed E-state index contributed by atoms with van der Waals surface area (Å²) in [5.74, 6) is 0. The van der Waals surface area contributed by atoms with Crippen LogP contribution < -0.4 is 5.73 Å². The molecule has 15 heavy (non-hydrogen) atoms. The van der Waals surface area contributed by atoms with E-state index in [9.17, 15) is 0 Å². The Morgan fingerprint density at radius 2 is 2.33 bits per heavy atom. The van der Waals surface area contributed by atoms with Gasteiger partial charge in [-0.15, -0.1) is 16.4 Å². The van der Waals surface area contributed by atoms with Crippen molar-refractivity contribution in [2.24, 2.45) is 12.8 Å². The minimum atomic E-state index is -0.230. The van der Waals surface area contributed by atoms with Crippen molar-refractivity contribution in [3.8, 4) is 0 Å². The van der Waals surface area contributed by atoms with Crippen molar-refractivity contribution >= 4 is 27.3 Å². The lowest BCUT2D eigenvalue weighted by atomic mass is 10.2. The van der Waals surface area contributed by atoms with Crippen molar-refractivity contribution in [1.82, 2.24) is 20.0 Å². The predicted molar refractivity (Wildman–Crippen MR) is 61.6 cm³/mol. The second kappa shape index (κ2) is 3.99. The predicted octanol–water partition coefficient (Wildman–Crippen LogP) is 1.39. The number of hydrogen-bond donors (Lipinski definition) is 1. The van der Waals surface area contributed by atoms with Crippen LogP contribution in [0.3, 0.4) is 0 Å². The van der Waals surface area contributed by atoms with Gasteiger partial charge in [-0.05, 0) is 22.9 Å². The van der Waals surface area contributed by atoms with Crippen LogP contribution >= 0.6 is 27.3 Å². The Bertz CT molecular complexity index is 458. The molecule has 2 heterocycles. The number of aryl methyl sites for hydroxylation is 2. The summed E-state index contributed by atoms with van der Waals surface area (Å²) in [7, 11) is 1.82. The molecule has 5 nitrogen and oxygen atoms in total. The number of thiazole rings is 1. The number of nitrogens with zero attached hydrogens (tertiary/aromatic N) is 4. The van der Waals surface area contributed by atoms with Crippen molar-refractivity contribution < 1.29 is 0 Å². The fraction of sp³-hybridized carbons (Fsp3) is 0.375. The molecule has 0 fully saturated rings. The van der Waals surface area contributed by atoms with Crippen LogP contribution in [0.4, 0.5) is 0 Å². The van der Waals surface area contributed by atoms with Crippen LogP contribution in [-0.2, 0) is 7.05 Å². The highest BCUT2D eigenvalue weighted by molar-refractivity contribution is 9.10. The Morgan fingerprint density at radius 3 is 2.80 bits per heavy atom. The highest BCUT2D eigenvalue weighted by Crippen LogP contribution is 2.28. The van der Waals surface area contributed by atoms with Gasteiger partial charge >= 0.3 is 0 Å². The number of aromatic nitrogens is 4. The van der Waals surface area contributed by atoms with Crippen LogP contribution in [0.2, 0.25) is 0 Å². The zero-order valence-corrected chi connectivity index (χ0v) is 10.7. The van der Waals surface area contributed by atoms with E-state index in [1.54, 1.807) is 21.5 Å². The van der Waals surface area contributed by atoms with Gasteiger partial charge in [0.05, 0.1) is 27.8 Å². The smallest absolute Gasteiger partial charge is 0.153 e. The lowest BCUT2D eigenvalue weighted by molar-refractivity contribution is 0.652. The maximum Gasteiger partial charge on any atom is 0.153 e. The van der Waals surface area contributed by atoms with Crippen LogP contribution in [0, 0.1) is 6.92 Å². The first-order valence-electron chi connectivity index (χ1n) is 4.32. The molecule has 0 aliphatic heterocycles. The van der Waals surface area contributed by atoms with Crippen molar-refractivity contribution in [3.05, 3.63) is 26.4 Å². The molecule has 2 aromatic rings. The van der Waals surface area contributed by atoms with Crippen LogP contribution in [0.1, 0.15) is 22.3 Å². The first-order chi connectivity index (χ1) is 7.11. The third-order valence-corrected chi connectivity index (χ3v) is 3.77. The molecule has 7 heteroatoms. The molecule has 0 saturated heterocycles. The van der Waals surface area contributed by atoms with Gasteiger partial charge in [0.1, 0.15) is 0 Å². The fourth-order valence-corrected chi connectivity index (χ4v) is 2.78. The lowest BCUT2D eigenvalue weighted by Crippen LogP contribution is -2.16. The molecule has 0 amide bonds. The molecule has 0 aliphatic rings. The number of halogens is 1. The van der Waals surface area contributed by atoms with Gasteiger partial charge in [-0.1, -0.05) is 5.21 Å². The van der Waals surface area contributed by atoms with E-state index in [4.69, 9.17) is 5.73 Å². The van der Waals surface area contributed by atoms with Crippen LogP contribution in [0.5, 0.6) is 0 Å². The van der Waals surface area contributed by atoms with E-state index in [1.807, 2.05) is 14.0 Å². The zero-order valence-electron chi connectivity index (χ0n) is 8.31. The first kappa shape index (κ1) is 10.7. The maximum atomic E-state index is 6.15. The molecule has 0 radical (unpaired) electrons. The first-order valence-corrected chi connectivity index (χ1v) is 5.99. The van der Waals surface area contributed by atoms with Gasteiger partial charge in [0.15, 0.2) is 4.60 Å². The number of rotatable bonds is 2. The van der Waals surface area contributed by atoms with Crippen LogP contribution in [-0.4, -0.2) is 20.0 Å². The Kier molecular flexibility index (Phi) is 2.85. The second-order valence-corrected chi connectivity index (χ2v) is 4.81. The van der Waals surface area contributed by atoms with Gasteiger partial charge in [-0.2, -0.15) is 0 Å². The molecule has 2 rings (SSSR count). The minimum Gasteiger partial charge on any atom is -0.318 e. The summed E-state index contributed by atoms with van der Waals surface area (Å²) in [6, 6.07) is -0.230. The van der Waals surface area contributed by atoms with E-state index in [-0.39, 0.29) is 6.04 Å². The minimum absolute atomic E-state index is 0.230. The second-order valence-electron chi connectivity index (χ2n) is 3.17. The summed E-state index contributed by atoms with van der Waals surface area (Å²) in [5.41, 5.74) is 9.76. The third-order valence-electron chi connectivity index (χ3n) is 2.19. The van der Waals surface area contributed by atoms with Crippen molar-refractivity contribution in [3.63, 3.8) is 0 Å². The molecule has 2 N–H and O–H groups in total. The molecular weight excluding hydrogens is 278 g/mol. The Morgan fingerprint density at radius 1 is 1.60 bits per heavy atom. The van der Waals surface area contributed by atoms with E-state index in [1.165, 1.54) is 0 Å². The van der Waals surface area contributed by atoms with Crippen molar-refractivity contribution in [2.45, 2.75) is 13.0 Å². The highest BCUT2D eigenvalue weighted by Gasteiger charge is 2.21. The van der Waals surface area contributed by atoms with E-state index in [2.05, 4.69) is 31.2 Å². The molecule has 0 bridgehead atoms. The van der Waals surface area contributed by atoms with E-state index < -0.39 is 0 Å². The molecule has 2 aromatic heterocycles. The van der Waals surface area contributed by atoms with E-state index in [0.29, 0.717) is 4.60 Å². The van der Waals surface area contributed by atoms with Gasteiger partial charge in [0.2, 0.25) is 0 Å². The molecule has 0 aliphatic carbocycles. The quantitative estimate of drug-likeness (QED) is 0.906. The highest BCUT2D eigenvalue weighted by atomic mass is 79.9. The largest absolute Gasteiger partial charge is 0.318 e. The molecule has 0 saturated carbocycles. The molecule has 1 unspecified atom stereocenters. The monoisotopic (exact) mass is 287 g/mol. The Balaban J connectivity index is 2.45. The summed E-state index contributed by atoms with van der Waals surface area (Å²) in [6.45, 7) is 1.95. The lowest BCUT2D eigenvalue weighted by Gasteiger charge is -2.10. The van der Waals surface area contributed by atoms with Crippen LogP contribution in [0.25, 0.3) is 0 Å². The maximum absolute atomic E-state index is 6.15.